The molecule has 3 N–H and O–H groups in total. The molecule has 0 unspecified atom stereocenters. The quantitative estimate of drug-likeness (QED) is 0.707. The molecule has 2 aromatic rings. The molecule has 0 saturated carbocycles. The molecule has 1 fully saturated rings. The van der Waals surface area contributed by atoms with E-state index in [4.69, 9.17) is 5.14 Å². The highest BCUT2D eigenvalue weighted by atomic mass is 32.2. The van der Waals surface area contributed by atoms with Gasteiger partial charge in [0.2, 0.25) is 20.0 Å². The van der Waals surface area contributed by atoms with Gasteiger partial charge in [-0.1, -0.05) is 12.1 Å². The van der Waals surface area contributed by atoms with Crippen molar-refractivity contribution in [1.82, 2.24) is 8.87 Å². The van der Waals surface area contributed by atoms with Gasteiger partial charge in [0.15, 0.2) is 0 Å². The number of carbonyl (C=O) groups excluding carboxylic acids is 1. The predicted octanol–water partition coefficient (Wildman–Crippen LogP) is 0.850. The highest BCUT2D eigenvalue weighted by Crippen LogP contribution is 2.23. The number of sulfonamides is 2. The van der Waals surface area contributed by atoms with Crippen molar-refractivity contribution in [3.63, 3.8) is 0 Å². The van der Waals surface area contributed by atoms with Gasteiger partial charge in [0.05, 0.1) is 5.75 Å². The Balaban J connectivity index is 1.80. The van der Waals surface area contributed by atoms with E-state index in [1.54, 1.807) is 25.2 Å². The van der Waals surface area contributed by atoms with Crippen molar-refractivity contribution in [2.45, 2.75) is 23.5 Å². The van der Waals surface area contributed by atoms with Gasteiger partial charge in [0, 0.05) is 32.0 Å². The molecule has 0 radical (unpaired) electrons. The largest absolute Gasteiger partial charge is 0.345 e. The Bertz CT molecular complexity index is 1100. The van der Waals surface area contributed by atoms with E-state index in [0.29, 0.717) is 24.3 Å². The van der Waals surface area contributed by atoms with Crippen molar-refractivity contribution >= 4 is 31.6 Å². The first-order valence-electron chi connectivity index (χ1n) is 8.63. The summed E-state index contributed by atoms with van der Waals surface area (Å²) >= 11 is 0. The first-order chi connectivity index (χ1) is 13.1. The predicted molar refractivity (Wildman–Crippen MR) is 105 cm³/mol. The van der Waals surface area contributed by atoms with Gasteiger partial charge in [-0.3, -0.25) is 4.79 Å². The number of hydrogen-bond donors (Lipinski definition) is 2. The molecule has 0 atom stereocenters. The normalized spacial score (nSPS) is 15.6. The number of carbonyl (C=O) groups is 1. The lowest BCUT2D eigenvalue weighted by Crippen LogP contribution is -2.27. The van der Waals surface area contributed by atoms with Gasteiger partial charge in [-0.2, -0.15) is 4.31 Å². The summed E-state index contributed by atoms with van der Waals surface area (Å²) in [6.07, 6.45) is 3.07. The van der Waals surface area contributed by atoms with Gasteiger partial charge in [-0.15, -0.1) is 0 Å². The van der Waals surface area contributed by atoms with Crippen LogP contribution in [0.3, 0.4) is 0 Å². The SMILES string of the molecule is Cn1cc(S(=O)(=O)N2CCCC2)cc1C(=O)Nc1cccc(CS(N)(=O)=O)c1. The molecule has 2 heterocycles. The number of rotatable bonds is 6. The van der Waals surface area contributed by atoms with Crippen LogP contribution in [0.25, 0.3) is 0 Å². The Labute approximate surface area is 164 Å². The zero-order valence-electron chi connectivity index (χ0n) is 15.3. The van der Waals surface area contributed by atoms with Crippen LogP contribution >= 0.6 is 0 Å². The summed E-state index contributed by atoms with van der Waals surface area (Å²) in [6, 6.07) is 7.65. The summed E-state index contributed by atoms with van der Waals surface area (Å²) in [5.41, 5.74) is 0.996. The van der Waals surface area contributed by atoms with Gasteiger partial charge in [0.1, 0.15) is 10.6 Å². The van der Waals surface area contributed by atoms with Gasteiger partial charge < -0.3 is 9.88 Å². The minimum Gasteiger partial charge on any atom is -0.345 e. The Morgan fingerprint density at radius 3 is 2.46 bits per heavy atom. The number of amides is 1. The van der Waals surface area contributed by atoms with Gasteiger partial charge in [0.25, 0.3) is 5.91 Å². The van der Waals surface area contributed by atoms with E-state index >= 15 is 0 Å². The minimum atomic E-state index is -3.69. The lowest BCUT2D eigenvalue weighted by atomic mass is 10.2. The topological polar surface area (TPSA) is 132 Å². The maximum Gasteiger partial charge on any atom is 0.272 e. The van der Waals surface area contributed by atoms with E-state index in [2.05, 4.69) is 5.32 Å². The highest BCUT2D eigenvalue weighted by Gasteiger charge is 2.29. The molecule has 0 spiro atoms. The van der Waals surface area contributed by atoms with Crippen LogP contribution in [0.5, 0.6) is 0 Å². The molecule has 1 aliphatic heterocycles. The first-order valence-corrected chi connectivity index (χ1v) is 11.8. The average Bonchev–Trinajstić information content (AvgIpc) is 3.23. The molecule has 1 aromatic heterocycles. The highest BCUT2D eigenvalue weighted by molar-refractivity contribution is 7.89. The summed E-state index contributed by atoms with van der Waals surface area (Å²) in [5, 5.41) is 7.70. The van der Waals surface area contributed by atoms with E-state index in [0.717, 1.165) is 12.8 Å². The molecule has 3 rings (SSSR count). The van der Waals surface area contributed by atoms with Crippen molar-refractivity contribution in [1.29, 1.82) is 0 Å². The number of aryl methyl sites for hydroxylation is 1. The molecule has 1 amide bonds. The smallest absolute Gasteiger partial charge is 0.272 e. The molecular formula is C17H22N4O5S2. The van der Waals surface area contributed by atoms with Gasteiger partial charge in [-0.05, 0) is 36.6 Å². The molecule has 1 saturated heterocycles. The van der Waals surface area contributed by atoms with E-state index < -0.39 is 26.0 Å². The van der Waals surface area contributed by atoms with Crippen LogP contribution in [0.15, 0.2) is 41.4 Å². The molecule has 28 heavy (non-hydrogen) atoms. The van der Waals surface area contributed by atoms with Crippen molar-refractivity contribution in [3.8, 4) is 0 Å². The summed E-state index contributed by atoms with van der Waals surface area (Å²) < 4.78 is 50.7. The number of hydrogen-bond acceptors (Lipinski definition) is 5. The number of primary sulfonamides is 1. The maximum absolute atomic E-state index is 12.7. The number of benzene rings is 1. The zero-order valence-corrected chi connectivity index (χ0v) is 17.0. The second-order valence-electron chi connectivity index (χ2n) is 6.74. The summed E-state index contributed by atoms with van der Waals surface area (Å²) in [4.78, 5) is 12.7. The Morgan fingerprint density at radius 2 is 1.82 bits per heavy atom. The maximum atomic E-state index is 12.7. The number of nitrogens with one attached hydrogen (secondary N) is 1. The Hall–Kier alpha value is -2.21. The minimum absolute atomic E-state index is 0.0741. The van der Waals surface area contributed by atoms with Crippen LogP contribution in [0.2, 0.25) is 0 Å². The number of nitrogens with two attached hydrogens (primary N) is 1. The van der Waals surface area contributed by atoms with Crippen LogP contribution in [0.4, 0.5) is 5.69 Å². The van der Waals surface area contributed by atoms with Crippen LogP contribution < -0.4 is 10.5 Å². The average molecular weight is 427 g/mol. The van der Waals surface area contributed by atoms with Crippen LogP contribution in [0, 0.1) is 0 Å². The van der Waals surface area contributed by atoms with E-state index in [1.165, 1.54) is 27.2 Å². The van der Waals surface area contributed by atoms with Crippen molar-refractivity contribution in [3.05, 3.63) is 47.8 Å². The van der Waals surface area contributed by atoms with E-state index in [9.17, 15) is 21.6 Å². The van der Waals surface area contributed by atoms with Crippen LogP contribution in [-0.2, 0) is 32.8 Å². The first kappa shape index (κ1) is 20.5. The van der Waals surface area contributed by atoms with E-state index in [1.807, 2.05) is 0 Å². The molecule has 0 bridgehead atoms. The molecule has 9 nitrogen and oxygen atoms in total. The summed E-state index contributed by atoms with van der Waals surface area (Å²) in [7, 11) is -5.72. The molecular weight excluding hydrogens is 404 g/mol. The third-order valence-corrected chi connectivity index (χ3v) is 7.07. The standard InChI is InChI=1S/C17H22N4O5S2/c1-20-11-15(28(25,26)21-7-2-3-8-21)10-16(20)17(22)19-14-6-4-5-13(9-14)12-27(18,23)24/h4-6,9-11H,2-3,7-8,12H2,1H3,(H,19,22)(H2,18,23,24). The Kier molecular flexibility index (Phi) is 5.62. The number of aromatic nitrogens is 1. The van der Waals surface area contributed by atoms with Crippen LogP contribution in [0.1, 0.15) is 28.9 Å². The molecule has 0 aliphatic carbocycles. The second-order valence-corrected chi connectivity index (χ2v) is 10.3. The lowest BCUT2D eigenvalue weighted by molar-refractivity contribution is 0.101. The third-order valence-electron chi connectivity index (χ3n) is 4.47. The van der Waals surface area contributed by atoms with Crippen molar-refractivity contribution in [2.75, 3.05) is 18.4 Å². The fraction of sp³-hybridized carbons (Fsp3) is 0.353. The monoisotopic (exact) mass is 426 g/mol. The van der Waals surface area contributed by atoms with Crippen molar-refractivity contribution in [2.24, 2.45) is 12.2 Å². The van der Waals surface area contributed by atoms with Crippen LogP contribution in [-0.4, -0.2) is 44.7 Å². The fourth-order valence-corrected chi connectivity index (χ4v) is 5.38. The molecule has 152 valence electrons. The zero-order chi connectivity index (χ0) is 20.5. The third kappa shape index (κ3) is 4.61. The second kappa shape index (κ2) is 7.66. The van der Waals surface area contributed by atoms with Gasteiger partial charge >= 0.3 is 0 Å². The van der Waals surface area contributed by atoms with Gasteiger partial charge in [-0.25, -0.2) is 22.0 Å². The van der Waals surface area contributed by atoms with Crippen molar-refractivity contribution < 1.29 is 21.6 Å². The number of nitrogens with zero attached hydrogens (tertiary/aromatic N) is 2. The number of anilines is 1. The lowest BCUT2D eigenvalue weighted by Gasteiger charge is -2.13. The molecule has 1 aromatic carbocycles. The Morgan fingerprint density at radius 1 is 1.14 bits per heavy atom. The fourth-order valence-electron chi connectivity index (χ4n) is 3.14. The molecule has 1 aliphatic rings. The summed E-state index contributed by atoms with van der Waals surface area (Å²) in [6.45, 7) is 0.963. The summed E-state index contributed by atoms with van der Waals surface area (Å²) in [5.74, 6) is -0.850. The molecule has 11 heteroatoms. The van der Waals surface area contributed by atoms with E-state index in [-0.39, 0.29) is 16.3 Å².